The number of rotatable bonds is 6. The van der Waals surface area contributed by atoms with Gasteiger partial charge in [-0.1, -0.05) is 25.8 Å². The number of likely N-dealkylation sites (N-methyl/N-ethyl adjacent to an activating group) is 1. The van der Waals surface area contributed by atoms with Gasteiger partial charge < -0.3 is 9.32 Å². The molecule has 0 aliphatic carbocycles. The number of carbonyl (C=O) groups is 1. The minimum Gasteiger partial charge on any atom is -0.419 e. The third-order valence-electron chi connectivity index (χ3n) is 4.53. The van der Waals surface area contributed by atoms with Crippen molar-refractivity contribution in [2.75, 3.05) is 20.1 Å². The topological polar surface area (TPSA) is 62.5 Å². The molecule has 3 rings (SSSR count). The smallest absolute Gasteiger partial charge is 0.247 e. The number of nitrogens with zero attached hydrogens (tertiary/aromatic N) is 4. The van der Waals surface area contributed by atoms with Crippen LogP contribution < -0.4 is 0 Å². The third-order valence-corrected chi connectivity index (χ3v) is 4.53. The monoisotopic (exact) mass is 346 g/mol. The summed E-state index contributed by atoms with van der Waals surface area (Å²) < 4.78 is 19.0. The highest BCUT2D eigenvalue weighted by molar-refractivity contribution is 5.82. The molecule has 2 aromatic rings. The first-order chi connectivity index (χ1) is 12.1. The quantitative estimate of drug-likeness (QED) is 0.805. The van der Waals surface area contributed by atoms with Gasteiger partial charge in [0.2, 0.25) is 17.7 Å². The van der Waals surface area contributed by atoms with E-state index < -0.39 is 0 Å². The Morgan fingerprint density at radius 2 is 2.16 bits per heavy atom. The van der Waals surface area contributed by atoms with Gasteiger partial charge in [0.1, 0.15) is 5.82 Å². The van der Waals surface area contributed by atoms with E-state index in [2.05, 4.69) is 22.0 Å². The van der Waals surface area contributed by atoms with Crippen LogP contribution in [0.4, 0.5) is 4.39 Å². The maximum absolute atomic E-state index is 13.3. The Balaban J connectivity index is 1.73. The highest BCUT2D eigenvalue weighted by Crippen LogP contribution is 2.22. The third kappa shape index (κ3) is 4.04. The summed E-state index contributed by atoms with van der Waals surface area (Å²) >= 11 is 0. The standard InChI is InChI=1S/C18H23FN4O2/c1-3-4-8-15-18(24)22(2)9-10-23(15)12-16-20-21-17(25-16)13-6-5-7-14(19)11-13/h5-7,11,15H,3-4,8-10,12H2,1-2H3/t15-/m1/s1. The zero-order valence-corrected chi connectivity index (χ0v) is 14.6. The van der Waals surface area contributed by atoms with Gasteiger partial charge in [0.25, 0.3) is 0 Å². The summed E-state index contributed by atoms with van der Waals surface area (Å²) in [7, 11) is 1.84. The fourth-order valence-corrected chi connectivity index (χ4v) is 3.08. The zero-order valence-electron chi connectivity index (χ0n) is 14.6. The Labute approximate surface area is 146 Å². The molecule has 0 radical (unpaired) electrons. The lowest BCUT2D eigenvalue weighted by atomic mass is 10.0. The molecule has 1 aromatic heterocycles. The van der Waals surface area contributed by atoms with Crippen LogP contribution in [0.15, 0.2) is 28.7 Å². The van der Waals surface area contributed by atoms with E-state index in [-0.39, 0.29) is 17.8 Å². The van der Waals surface area contributed by atoms with E-state index in [4.69, 9.17) is 4.42 Å². The second-order valence-corrected chi connectivity index (χ2v) is 6.40. The van der Waals surface area contributed by atoms with E-state index in [9.17, 15) is 9.18 Å². The largest absolute Gasteiger partial charge is 0.419 e. The highest BCUT2D eigenvalue weighted by atomic mass is 19.1. The molecule has 1 saturated heterocycles. The fourth-order valence-electron chi connectivity index (χ4n) is 3.08. The van der Waals surface area contributed by atoms with Crippen molar-refractivity contribution in [3.05, 3.63) is 36.0 Å². The number of carbonyl (C=O) groups excluding carboxylic acids is 1. The predicted octanol–water partition coefficient (Wildman–Crippen LogP) is 2.71. The minimum atomic E-state index is -0.346. The van der Waals surface area contributed by atoms with Gasteiger partial charge in [0.15, 0.2) is 0 Å². The number of hydrogen-bond donors (Lipinski definition) is 0. The summed E-state index contributed by atoms with van der Waals surface area (Å²) in [6, 6.07) is 5.91. The molecule has 1 aliphatic heterocycles. The molecule has 1 atom stereocenters. The lowest BCUT2D eigenvalue weighted by Crippen LogP contribution is -2.55. The molecule has 6 nitrogen and oxygen atoms in total. The van der Waals surface area contributed by atoms with Crippen LogP contribution >= 0.6 is 0 Å². The lowest BCUT2D eigenvalue weighted by molar-refractivity contribution is -0.141. The summed E-state index contributed by atoms with van der Waals surface area (Å²) in [5.41, 5.74) is 0.552. The normalized spacial score (nSPS) is 18.8. The van der Waals surface area contributed by atoms with Gasteiger partial charge in [0, 0.05) is 25.7 Å². The average Bonchev–Trinajstić information content (AvgIpc) is 3.06. The van der Waals surface area contributed by atoms with Crippen LogP contribution in [0.25, 0.3) is 11.5 Å². The number of hydrogen-bond acceptors (Lipinski definition) is 5. The van der Waals surface area contributed by atoms with Gasteiger partial charge in [-0.3, -0.25) is 9.69 Å². The molecule has 0 bridgehead atoms. The second-order valence-electron chi connectivity index (χ2n) is 6.40. The molecule has 2 heterocycles. The molecule has 7 heteroatoms. The van der Waals surface area contributed by atoms with E-state index in [0.29, 0.717) is 30.4 Å². The predicted molar refractivity (Wildman–Crippen MR) is 91.1 cm³/mol. The molecule has 0 saturated carbocycles. The molecule has 0 spiro atoms. The van der Waals surface area contributed by atoms with Crippen molar-refractivity contribution in [2.24, 2.45) is 0 Å². The van der Waals surface area contributed by atoms with Crippen LogP contribution in [0, 0.1) is 5.82 Å². The van der Waals surface area contributed by atoms with E-state index in [1.165, 1.54) is 12.1 Å². The van der Waals surface area contributed by atoms with E-state index in [1.807, 2.05) is 7.05 Å². The van der Waals surface area contributed by atoms with Crippen molar-refractivity contribution in [3.8, 4) is 11.5 Å². The number of piperazine rings is 1. The molecule has 134 valence electrons. The highest BCUT2D eigenvalue weighted by Gasteiger charge is 2.33. The zero-order chi connectivity index (χ0) is 17.8. The van der Waals surface area contributed by atoms with Crippen LogP contribution in [-0.2, 0) is 11.3 Å². The van der Waals surface area contributed by atoms with Crippen molar-refractivity contribution in [1.82, 2.24) is 20.0 Å². The van der Waals surface area contributed by atoms with Crippen molar-refractivity contribution in [3.63, 3.8) is 0 Å². The maximum atomic E-state index is 13.3. The summed E-state index contributed by atoms with van der Waals surface area (Å²) in [5.74, 6) is 0.532. The van der Waals surface area contributed by atoms with Crippen molar-refractivity contribution in [1.29, 1.82) is 0 Å². The van der Waals surface area contributed by atoms with Crippen LogP contribution in [0.1, 0.15) is 32.1 Å². The van der Waals surface area contributed by atoms with Crippen LogP contribution in [0.5, 0.6) is 0 Å². The minimum absolute atomic E-state index is 0.143. The number of benzene rings is 1. The van der Waals surface area contributed by atoms with Crippen molar-refractivity contribution < 1.29 is 13.6 Å². The van der Waals surface area contributed by atoms with Gasteiger partial charge in [0.05, 0.1) is 12.6 Å². The van der Waals surface area contributed by atoms with Gasteiger partial charge in [-0.2, -0.15) is 0 Å². The van der Waals surface area contributed by atoms with E-state index >= 15 is 0 Å². The molecular formula is C18H23FN4O2. The van der Waals surface area contributed by atoms with Gasteiger partial charge >= 0.3 is 0 Å². The average molecular weight is 346 g/mol. The van der Waals surface area contributed by atoms with E-state index in [0.717, 1.165) is 25.8 Å². The molecule has 0 unspecified atom stereocenters. The molecule has 1 fully saturated rings. The first-order valence-electron chi connectivity index (χ1n) is 8.66. The Morgan fingerprint density at radius 3 is 2.92 bits per heavy atom. The molecule has 0 N–H and O–H groups in total. The van der Waals surface area contributed by atoms with Crippen molar-refractivity contribution in [2.45, 2.75) is 38.8 Å². The second kappa shape index (κ2) is 7.74. The molecule has 1 aromatic carbocycles. The molecule has 25 heavy (non-hydrogen) atoms. The van der Waals surface area contributed by atoms with Crippen molar-refractivity contribution >= 4 is 5.91 Å². The van der Waals surface area contributed by atoms with Crippen LogP contribution in [0.3, 0.4) is 0 Å². The van der Waals surface area contributed by atoms with Crippen LogP contribution in [0.2, 0.25) is 0 Å². The van der Waals surface area contributed by atoms with E-state index in [1.54, 1.807) is 17.0 Å². The Kier molecular flexibility index (Phi) is 5.43. The van der Waals surface area contributed by atoms with Crippen LogP contribution in [-0.4, -0.2) is 52.1 Å². The Hall–Kier alpha value is -2.28. The molecular weight excluding hydrogens is 323 g/mol. The summed E-state index contributed by atoms with van der Waals surface area (Å²) in [4.78, 5) is 16.4. The van der Waals surface area contributed by atoms with Gasteiger partial charge in [-0.05, 0) is 24.6 Å². The van der Waals surface area contributed by atoms with Gasteiger partial charge in [-0.15, -0.1) is 10.2 Å². The number of unbranched alkanes of at least 4 members (excludes halogenated alkanes) is 1. The Bertz CT molecular complexity index is 733. The SMILES string of the molecule is CCCC[C@@H]1C(=O)N(C)CCN1Cc1nnc(-c2cccc(F)c2)o1. The molecule has 1 amide bonds. The van der Waals surface area contributed by atoms with Gasteiger partial charge in [-0.25, -0.2) is 4.39 Å². The summed E-state index contributed by atoms with van der Waals surface area (Å²) in [6.07, 6.45) is 2.87. The summed E-state index contributed by atoms with van der Waals surface area (Å²) in [6.45, 7) is 4.00. The number of aromatic nitrogens is 2. The molecule has 1 aliphatic rings. The number of halogens is 1. The lowest BCUT2D eigenvalue weighted by Gasteiger charge is -2.38. The Morgan fingerprint density at radius 1 is 1.32 bits per heavy atom. The number of amides is 1. The maximum Gasteiger partial charge on any atom is 0.247 e. The first-order valence-corrected chi connectivity index (χ1v) is 8.66. The fraction of sp³-hybridized carbons (Fsp3) is 0.500. The first kappa shape index (κ1) is 17.5. The summed E-state index contributed by atoms with van der Waals surface area (Å²) in [5, 5.41) is 8.08.